The van der Waals surface area contributed by atoms with Crippen LogP contribution in [0.5, 0.6) is 5.75 Å². The highest BCUT2D eigenvalue weighted by atomic mass is 16.5. The standard InChI is InChI=1S/C18H24N4O2/c1-14-16(12-20(2)19-14)13-21-7-9-22(10-8-21)18(23)15-5-4-6-17(11-15)24-3/h4-6,11-12H,7-10,13H2,1-3H3. The fourth-order valence-electron chi connectivity index (χ4n) is 3.09. The van der Waals surface area contributed by atoms with E-state index in [-0.39, 0.29) is 5.91 Å². The number of hydrogen-bond donors (Lipinski definition) is 0. The molecule has 1 aromatic carbocycles. The minimum absolute atomic E-state index is 0.0751. The second-order valence-electron chi connectivity index (χ2n) is 6.21. The largest absolute Gasteiger partial charge is 0.497 e. The maximum Gasteiger partial charge on any atom is 0.254 e. The lowest BCUT2D eigenvalue weighted by Gasteiger charge is -2.34. The van der Waals surface area contributed by atoms with Crippen molar-refractivity contribution in [3.05, 3.63) is 47.3 Å². The van der Waals surface area contributed by atoms with E-state index in [1.54, 1.807) is 13.2 Å². The number of ether oxygens (including phenoxy) is 1. The van der Waals surface area contributed by atoms with Crippen LogP contribution in [0.25, 0.3) is 0 Å². The molecule has 0 saturated carbocycles. The van der Waals surface area contributed by atoms with E-state index in [2.05, 4.69) is 16.2 Å². The third-order valence-corrected chi connectivity index (χ3v) is 4.49. The minimum atomic E-state index is 0.0751. The molecule has 2 aromatic rings. The van der Waals surface area contributed by atoms with Gasteiger partial charge in [-0.1, -0.05) is 6.07 Å². The van der Waals surface area contributed by atoms with Gasteiger partial charge in [0.15, 0.2) is 0 Å². The van der Waals surface area contributed by atoms with Crippen molar-refractivity contribution >= 4 is 5.91 Å². The first-order valence-corrected chi connectivity index (χ1v) is 8.21. The summed E-state index contributed by atoms with van der Waals surface area (Å²) < 4.78 is 7.06. The van der Waals surface area contributed by atoms with Crippen LogP contribution in [0, 0.1) is 6.92 Å². The van der Waals surface area contributed by atoms with Crippen LogP contribution in [0.4, 0.5) is 0 Å². The first-order chi connectivity index (χ1) is 11.6. The van der Waals surface area contributed by atoms with Crippen molar-refractivity contribution in [3.8, 4) is 5.75 Å². The Hall–Kier alpha value is -2.34. The van der Waals surface area contributed by atoms with Gasteiger partial charge in [-0.3, -0.25) is 14.4 Å². The molecule has 1 aromatic heterocycles. The molecule has 0 atom stereocenters. The van der Waals surface area contributed by atoms with Crippen molar-refractivity contribution in [2.75, 3.05) is 33.3 Å². The monoisotopic (exact) mass is 328 g/mol. The number of amides is 1. The van der Waals surface area contributed by atoms with Gasteiger partial charge in [-0.25, -0.2) is 0 Å². The van der Waals surface area contributed by atoms with Crippen molar-refractivity contribution < 1.29 is 9.53 Å². The zero-order valence-electron chi connectivity index (χ0n) is 14.5. The molecule has 1 fully saturated rings. The van der Waals surface area contributed by atoms with E-state index in [0.717, 1.165) is 38.4 Å². The molecule has 6 nitrogen and oxygen atoms in total. The zero-order chi connectivity index (χ0) is 17.1. The van der Waals surface area contributed by atoms with Gasteiger partial charge in [-0.2, -0.15) is 5.10 Å². The molecular formula is C18H24N4O2. The van der Waals surface area contributed by atoms with Gasteiger partial charge >= 0.3 is 0 Å². The molecule has 3 rings (SSSR count). The Morgan fingerprint density at radius 3 is 2.62 bits per heavy atom. The van der Waals surface area contributed by atoms with Crippen molar-refractivity contribution in [2.45, 2.75) is 13.5 Å². The van der Waals surface area contributed by atoms with E-state index in [1.807, 2.05) is 41.8 Å². The SMILES string of the molecule is COc1cccc(C(=O)N2CCN(Cc3cn(C)nc3C)CC2)c1. The Morgan fingerprint density at radius 1 is 1.25 bits per heavy atom. The van der Waals surface area contributed by atoms with Crippen LogP contribution >= 0.6 is 0 Å². The average molecular weight is 328 g/mol. The van der Waals surface area contributed by atoms with E-state index in [0.29, 0.717) is 11.3 Å². The van der Waals surface area contributed by atoms with Gasteiger partial charge in [-0.05, 0) is 25.1 Å². The van der Waals surface area contributed by atoms with Gasteiger partial charge < -0.3 is 9.64 Å². The molecular weight excluding hydrogens is 304 g/mol. The lowest BCUT2D eigenvalue weighted by Crippen LogP contribution is -2.48. The molecule has 1 aliphatic rings. The van der Waals surface area contributed by atoms with Gasteiger partial charge in [0.05, 0.1) is 12.8 Å². The normalized spacial score (nSPS) is 15.5. The lowest BCUT2D eigenvalue weighted by molar-refractivity contribution is 0.0628. The molecule has 0 unspecified atom stereocenters. The van der Waals surface area contributed by atoms with Gasteiger partial charge in [-0.15, -0.1) is 0 Å². The Bertz CT molecular complexity index is 718. The summed E-state index contributed by atoms with van der Waals surface area (Å²) in [4.78, 5) is 16.9. The van der Waals surface area contributed by atoms with E-state index < -0.39 is 0 Å². The molecule has 1 aliphatic heterocycles. The van der Waals surface area contributed by atoms with E-state index in [1.165, 1.54) is 5.56 Å². The molecule has 1 saturated heterocycles. The Morgan fingerprint density at radius 2 is 2.00 bits per heavy atom. The summed E-state index contributed by atoms with van der Waals surface area (Å²) >= 11 is 0. The van der Waals surface area contributed by atoms with Crippen LogP contribution in [0.3, 0.4) is 0 Å². The molecule has 1 amide bonds. The molecule has 6 heteroatoms. The van der Waals surface area contributed by atoms with Crippen molar-refractivity contribution in [2.24, 2.45) is 7.05 Å². The number of methoxy groups -OCH3 is 1. The smallest absolute Gasteiger partial charge is 0.254 e. The molecule has 0 N–H and O–H groups in total. The Kier molecular flexibility index (Phi) is 4.85. The predicted octanol–water partition coefficient (Wildman–Crippen LogP) is 1.70. The van der Waals surface area contributed by atoms with Gasteiger partial charge in [0.2, 0.25) is 0 Å². The van der Waals surface area contributed by atoms with Crippen LogP contribution in [0.15, 0.2) is 30.5 Å². The molecule has 0 aliphatic carbocycles. The topological polar surface area (TPSA) is 50.6 Å². The third kappa shape index (κ3) is 3.59. The van der Waals surface area contributed by atoms with Crippen LogP contribution < -0.4 is 4.74 Å². The molecule has 128 valence electrons. The minimum Gasteiger partial charge on any atom is -0.497 e. The summed E-state index contributed by atoms with van der Waals surface area (Å²) in [5.74, 6) is 0.789. The molecule has 0 radical (unpaired) electrons. The van der Waals surface area contributed by atoms with Crippen LogP contribution in [-0.2, 0) is 13.6 Å². The first-order valence-electron chi connectivity index (χ1n) is 8.21. The predicted molar refractivity (Wildman–Crippen MR) is 92.1 cm³/mol. The molecule has 24 heavy (non-hydrogen) atoms. The summed E-state index contributed by atoms with van der Waals surface area (Å²) in [7, 11) is 3.56. The third-order valence-electron chi connectivity index (χ3n) is 4.49. The number of carbonyl (C=O) groups excluding carboxylic acids is 1. The van der Waals surface area contributed by atoms with Gasteiger partial charge in [0.25, 0.3) is 5.91 Å². The number of aryl methyl sites for hydroxylation is 2. The van der Waals surface area contributed by atoms with Crippen LogP contribution in [-0.4, -0.2) is 58.8 Å². The molecule has 0 spiro atoms. The quantitative estimate of drug-likeness (QED) is 0.857. The number of rotatable bonds is 4. The lowest BCUT2D eigenvalue weighted by atomic mass is 10.1. The molecule has 0 bridgehead atoms. The summed E-state index contributed by atoms with van der Waals surface area (Å²) in [6.45, 7) is 6.18. The second kappa shape index (κ2) is 7.05. The number of nitrogens with zero attached hydrogens (tertiary/aromatic N) is 4. The van der Waals surface area contributed by atoms with E-state index in [4.69, 9.17) is 4.74 Å². The van der Waals surface area contributed by atoms with Crippen molar-refractivity contribution in [1.29, 1.82) is 0 Å². The fourth-order valence-corrected chi connectivity index (χ4v) is 3.09. The van der Waals surface area contributed by atoms with Crippen LogP contribution in [0.2, 0.25) is 0 Å². The number of aromatic nitrogens is 2. The Balaban J connectivity index is 1.58. The Labute approximate surface area is 142 Å². The van der Waals surface area contributed by atoms with Crippen LogP contribution in [0.1, 0.15) is 21.6 Å². The number of carbonyl (C=O) groups is 1. The summed E-state index contributed by atoms with van der Waals surface area (Å²) in [5, 5.41) is 4.39. The van der Waals surface area contributed by atoms with Gasteiger partial charge in [0.1, 0.15) is 5.75 Å². The van der Waals surface area contributed by atoms with E-state index >= 15 is 0 Å². The molecule has 2 heterocycles. The number of piperazine rings is 1. The zero-order valence-corrected chi connectivity index (χ0v) is 14.5. The highest BCUT2D eigenvalue weighted by Crippen LogP contribution is 2.16. The second-order valence-corrected chi connectivity index (χ2v) is 6.21. The number of hydrogen-bond acceptors (Lipinski definition) is 4. The maximum absolute atomic E-state index is 12.6. The van der Waals surface area contributed by atoms with Crippen molar-refractivity contribution in [3.63, 3.8) is 0 Å². The van der Waals surface area contributed by atoms with Crippen molar-refractivity contribution in [1.82, 2.24) is 19.6 Å². The summed E-state index contributed by atoms with van der Waals surface area (Å²) in [6.07, 6.45) is 2.07. The summed E-state index contributed by atoms with van der Waals surface area (Å²) in [6, 6.07) is 7.35. The number of benzene rings is 1. The van der Waals surface area contributed by atoms with Gasteiger partial charge in [0, 0.05) is 57.1 Å². The highest BCUT2D eigenvalue weighted by molar-refractivity contribution is 5.94. The maximum atomic E-state index is 12.6. The first kappa shape index (κ1) is 16.5. The average Bonchev–Trinajstić information content (AvgIpc) is 2.92. The highest BCUT2D eigenvalue weighted by Gasteiger charge is 2.23. The fraction of sp³-hybridized carbons (Fsp3) is 0.444. The van der Waals surface area contributed by atoms with E-state index in [9.17, 15) is 4.79 Å². The summed E-state index contributed by atoms with van der Waals surface area (Å²) in [5.41, 5.74) is 3.02.